The molecule has 11 heteroatoms. The Balaban J connectivity index is 0.000000349. The Bertz CT molecular complexity index is 1070. The molecule has 0 amide bonds. The van der Waals surface area contributed by atoms with E-state index in [4.69, 9.17) is 24.9 Å². The molecule has 0 radical (unpaired) electrons. The summed E-state index contributed by atoms with van der Waals surface area (Å²) in [6.45, 7) is 8.53. The van der Waals surface area contributed by atoms with Crippen molar-refractivity contribution in [2.45, 2.75) is 24.3 Å². The van der Waals surface area contributed by atoms with Crippen molar-refractivity contribution in [3.8, 4) is 0 Å². The molecule has 0 unspecified atom stereocenters. The first kappa shape index (κ1) is 26.9. The number of carbonyl (C=O) groups is 2. The fourth-order valence-corrected chi connectivity index (χ4v) is 5.53. The quantitative estimate of drug-likeness (QED) is 0.539. The summed E-state index contributed by atoms with van der Waals surface area (Å²) in [6.07, 6.45) is 3.40. The molecule has 1 aromatic heterocycles. The number of anilines is 2. The minimum Gasteiger partial charge on any atom is -0.478 e. The molecule has 3 aliphatic heterocycles. The highest BCUT2D eigenvalue weighted by Crippen LogP contribution is 2.37. The maximum Gasteiger partial charge on any atom is 0.328 e. The maximum atomic E-state index is 9.55. The Morgan fingerprint density at radius 2 is 1.59 bits per heavy atom. The lowest BCUT2D eigenvalue weighted by molar-refractivity contribution is -0.134. The molecule has 0 spiro atoms. The molecule has 5 rings (SSSR count). The van der Waals surface area contributed by atoms with E-state index in [1.165, 1.54) is 28.3 Å². The van der Waals surface area contributed by atoms with Crippen LogP contribution in [0.2, 0.25) is 0 Å². The minimum atomic E-state index is -1.26. The van der Waals surface area contributed by atoms with E-state index in [1.807, 2.05) is 11.8 Å². The second kappa shape index (κ2) is 13.4. The molecule has 198 valence electrons. The Labute approximate surface area is 220 Å². The van der Waals surface area contributed by atoms with Crippen molar-refractivity contribution in [1.82, 2.24) is 14.9 Å². The zero-order valence-corrected chi connectivity index (χ0v) is 21.6. The number of aliphatic carboxylic acids is 2. The SMILES string of the molecule is O=C(O)/C=C\C(=O)O.c1ccc(CN2CCN(c3nc4c(c(N5CCOCC5)n3)SCCC4)CC2)cc1. The molecule has 10 nitrogen and oxygen atoms in total. The predicted molar refractivity (Wildman–Crippen MR) is 142 cm³/mol. The number of piperazine rings is 1. The van der Waals surface area contributed by atoms with Gasteiger partial charge in [0.1, 0.15) is 5.82 Å². The van der Waals surface area contributed by atoms with E-state index in [2.05, 4.69) is 45.0 Å². The standard InChI is InChI=1S/C22H29N5OS.C4H4O4/c1-2-5-18(6-3-1)17-25-8-10-27(11-9-25)22-23-19-7-4-16-29-20(19)21(24-22)26-12-14-28-15-13-26;5-3(6)1-2-4(7)8/h1-3,5-6H,4,7-17H2;1-2H,(H,5,6)(H,7,8)/b;2-1-. The number of aryl methyl sites for hydroxylation is 1. The van der Waals surface area contributed by atoms with E-state index in [1.54, 1.807) is 0 Å². The number of carboxylic acid groups (broad SMARTS) is 2. The number of thioether (sulfide) groups is 1. The van der Waals surface area contributed by atoms with E-state index >= 15 is 0 Å². The zero-order valence-electron chi connectivity index (χ0n) is 20.8. The van der Waals surface area contributed by atoms with E-state index in [0.717, 1.165) is 77.2 Å². The van der Waals surface area contributed by atoms with E-state index in [0.29, 0.717) is 12.2 Å². The molecule has 0 aliphatic carbocycles. The highest BCUT2D eigenvalue weighted by atomic mass is 32.2. The first-order valence-electron chi connectivity index (χ1n) is 12.5. The average molecular weight is 528 g/mol. The van der Waals surface area contributed by atoms with Crippen LogP contribution in [0.1, 0.15) is 17.7 Å². The van der Waals surface area contributed by atoms with Crippen LogP contribution in [0.4, 0.5) is 11.8 Å². The number of hydrogen-bond donors (Lipinski definition) is 2. The van der Waals surface area contributed by atoms with Gasteiger partial charge in [-0.25, -0.2) is 14.6 Å². The van der Waals surface area contributed by atoms with Gasteiger partial charge in [0, 0.05) is 58.0 Å². The van der Waals surface area contributed by atoms with Crippen LogP contribution in [-0.2, 0) is 27.3 Å². The summed E-state index contributed by atoms with van der Waals surface area (Å²) in [5, 5.41) is 15.6. The summed E-state index contributed by atoms with van der Waals surface area (Å²) < 4.78 is 5.56. The fourth-order valence-electron chi connectivity index (χ4n) is 4.42. The fraction of sp³-hybridized carbons (Fsp3) is 0.462. The lowest BCUT2D eigenvalue weighted by Crippen LogP contribution is -2.47. The van der Waals surface area contributed by atoms with Gasteiger partial charge in [0.25, 0.3) is 0 Å². The highest BCUT2D eigenvalue weighted by molar-refractivity contribution is 7.99. The summed E-state index contributed by atoms with van der Waals surface area (Å²) in [4.78, 5) is 37.8. The Morgan fingerprint density at radius 1 is 0.919 bits per heavy atom. The third-order valence-corrected chi connectivity index (χ3v) is 7.49. The molecule has 37 heavy (non-hydrogen) atoms. The van der Waals surface area contributed by atoms with Crippen LogP contribution in [0, 0.1) is 0 Å². The van der Waals surface area contributed by atoms with Crippen molar-refractivity contribution in [2.75, 3.05) is 68.0 Å². The predicted octanol–water partition coefficient (Wildman–Crippen LogP) is 2.39. The maximum absolute atomic E-state index is 9.55. The van der Waals surface area contributed by atoms with Crippen molar-refractivity contribution < 1.29 is 24.5 Å². The molecule has 2 saturated heterocycles. The Kier molecular flexibility index (Phi) is 9.75. The van der Waals surface area contributed by atoms with Crippen molar-refractivity contribution in [1.29, 1.82) is 0 Å². The highest BCUT2D eigenvalue weighted by Gasteiger charge is 2.26. The molecule has 1 aromatic carbocycles. The number of ether oxygens (including phenoxy) is 1. The van der Waals surface area contributed by atoms with Crippen LogP contribution in [0.15, 0.2) is 47.4 Å². The number of aromatic nitrogens is 2. The third kappa shape index (κ3) is 7.91. The molecular weight excluding hydrogens is 494 g/mol. The van der Waals surface area contributed by atoms with Gasteiger partial charge in [-0.3, -0.25) is 4.90 Å². The monoisotopic (exact) mass is 527 g/mol. The topological polar surface area (TPSA) is 119 Å². The van der Waals surface area contributed by atoms with Crippen molar-refractivity contribution in [2.24, 2.45) is 0 Å². The van der Waals surface area contributed by atoms with E-state index in [-0.39, 0.29) is 0 Å². The largest absolute Gasteiger partial charge is 0.478 e. The molecule has 0 atom stereocenters. The number of fused-ring (bicyclic) bond motifs is 1. The van der Waals surface area contributed by atoms with Crippen LogP contribution in [0.25, 0.3) is 0 Å². The first-order chi connectivity index (χ1) is 18.0. The number of nitrogens with zero attached hydrogens (tertiary/aromatic N) is 5. The minimum absolute atomic E-state index is 0.558. The van der Waals surface area contributed by atoms with Crippen LogP contribution >= 0.6 is 11.8 Å². The van der Waals surface area contributed by atoms with Gasteiger partial charge in [0.15, 0.2) is 0 Å². The van der Waals surface area contributed by atoms with Gasteiger partial charge in [-0.05, 0) is 24.2 Å². The van der Waals surface area contributed by atoms with Crippen molar-refractivity contribution in [3.63, 3.8) is 0 Å². The van der Waals surface area contributed by atoms with Crippen LogP contribution in [0.3, 0.4) is 0 Å². The van der Waals surface area contributed by atoms with Gasteiger partial charge in [0.05, 0.1) is 23.8 Å². The van der Waals surface area contributed by atoms with Crippen molar-refractivity contribution >= 4 is 35.5 Å². The third-order valence-electron chi connectivity index (χ3n) is 6.29. The summed E-state index contributed by atoms with van der Waals surface area (Å²) in [5.41, 5.74) is 2.64. The van der Waals surface area contributed by atoms with Crippen LogP contribution in [-0.4, -0.2) is 95.3 Å². The number of rotatable bonds is 6. The van der Waals surface area contributed by atoms with Gasteiger partial charge in [-0.2, -0.15) is 4.98 Å². The van der Waals surface area contributed by atoms with Gasteiger partial charge in [-0.1, -0.05) is 30.3 Å². The summed E-state index contributed by atoms with van der Waals surface area (Å²) >= 11 is 1.93. The zero-order chi connectivity index (χ0) is 26.0. The van der Waals surface area contributed by atoms with Crippen molar-refractivity contribution in [3.05, 3.63) is 53.7 Å². The van der Waals surface area contributed by atoms with Gasteiger partial charge < -0.3 is 24.7 Å². The van der Waals surface area contributed by atoms with Gasteiger partial charge >= 0.3 is 11.9 Å². The lowest BCUT2D eigenvalue weighted by atomic mass is 10.2. The number of carboxylic acids is 2. The van der Waals surface area contributed by atoms with Gasteiger partial charge in [0.2, 0.25) is 5.95 Å². The molecule has 2 N–H and O–H groups in total. The Hall–Kier alpha value is -3.15. The number of hydrogen-bond acceptors (Lipinski definition) is 9. The molecule has 0 bridgehead atoms. The number of morpholine rings is 1. The normalized spacial score (nSPS) is 18.2. The lowest BCUT2D eigenvalue weighted by Gasteiger charge is -2.36. The summed E-state index contributed by atoms with van der Waals surface area (Å²) in [5.74, 6) is 0.724. The second-order valence-corrected chi connectivity index (χ2v) is 10.0. The molecule has 0 saturated carbocycles. The summed E-state index contributed by atoms with van der Waals surface area (Å²) in [7, 11) is 0. The Morgan fingerprint density at radius 3 is 2.24 bits per heavy atom. The van der Waals surface area contributed by atoms with Gasteiger partial charge in [-0.15, -0.1) is 11.8 Å². The van der Waals surface area contributed by atoms with Crippen LogP contribution in [0.5, 0.6) is 0 Å². The number of benzene rings is 1. The average Bonchev–Trinajstić information content (AvgIpc) is 2.93. The second-order valence-electron chi connectivity index (χ2n) is 8.93. The molecule has 2 aromatic rings. The smallest absolute Gasteiger partial charge is 0.328 e. The molecule has 2 fully saturated rings. The molecular formula is C26H33N5O5S. The molecule has 3 aliphatic rings. The summed E-state index contributed by atoms with van der Waals surface area (Å²) in [6, 6.07) is 10.8. The van der Waals surface area contributed by atoms with Crippen LogP contribution < -0.4 is 9.80 Å². The van der Waals surface area contributed by atoms with E-state index < -0.39 is 11.9 Å². The molecule has 4 heterocycles. The van der Waals surface area contributed by atoms with E-state index in [9.17, 15) is 9.59 Å². The first-order valence-corrected chi connectivity index (χ1v) is 13.5.